The van der Waals surface area contributed by atoms with Gasteiger partial charge in [-0.1, -0.05) is 15.9 Å². The minimum absolute atomic E-state index is 0.222. The molecule has 0 atom stereocenters. The van der Waals surface area contributed by atoms with Crippen LogP contribution in [0.25, 0.3) is 0 Å². The highest BCUT2D eigenvalue weighted by atomic mass is 79.9. The van der Waals surface area contributed by atoms with Gasteiger partial charge in [-0.15, -0.1) is 0 Å². The van der Waals surface area contributed by atoms with Crippen molar-refractivity contribution < 1.29 is 9.13 Å². The maximum Gasteiger partial charge on any atom is 0.169 e. The van der Waals surface area contributed by atoms with Crippen LogP contribution in [0.3, 0.4) is 0 Å². The van der Waals surface area contributed by atoms with E-state index < -0.39 is 0 Å². The fourth-order valence-corrected chi connectivity index (χ4v) is 2.76. The van der Waals surface area contributed by atoms with Crippen molar-refractivity contribution in [3.63, 3.8) is 0 Å². The maximum atomic E-state index is 14.1. The molecule has 1 aliphatic heterocycles. The number of benzene rings is 1. The van der Waals surface area contributed by atoms with Crippen LogP contribution in [0.4, 0.5) is 4.39 Å². The van der Waals surface area contributed by atoms with Gasteiger partial charge in [-0.25, -0.2) is 4.39 Å². The molecule has 2 rings (SSSR count). The smallest absolute Gasteiger partial charge is 0.169 e. The van der Waals surface area contributed by atoms with Crippen molar-refractivity contribution in [1.29, 1.82) is 0 Å². The zero-order valence-electron chi connectivity index (χ0n) is 9.93. The molecule has 1 N–H and O–H groups in total. The number of hydrogen-bond donors (Lipinski definition) is 1. The molecule has 1 aromatic carbocycles. The lowest BCUT2D eigenvalue weighted by atomic mass is 9.91. The van der Waals surface area contributed by atoms with Crippen LogP contribution in [0.2, 0.25) is 0 Å². The first kappa shape index (κ1) is 12.8. The van der Waals surface area contributed by atoms with Crippen LogP contribution in [-0.2, 0) is 6.42 Å². The molecule has 0 bridgehead atoms. The Morgan fingerprint density at radius 3 is 2.76 bits per heavy atom. The molecule has 1 aromatic rings. The fraction of sp³-hybridized carbons (Fsp3) is 0.538. The Balaban J connectivity index is 2.18. The molecule has 1 aliphatic rings. The Bertz CT molecular complexity index is 391. The average molecular weight is 302 g/mol. The van der Waals surface area contributed by atoms with Gasteiger partial charge < -0.3 is 10.1 Å². The summed E-state index contributed by atoms with van der Waals surface area (Å²) in [6.45, 7) is 2.07. The highest BCUT2D eigenvalue weighted by Gasteiger charge is 2.19. The van der Waals surface area contributed by atoms with Gasteiger partial charge in [0.2, 0.25) is 0 Å². The van der Waals surface area contributed by atoms with Crippen molar-refractivity contribution >= 4 is 15.9 Å². The summed E-state index contributed by atoms with van der Waals surface area (Å²) in [6.07, 6.45) is 3.01. The molecule has 1 saturated heterocycles. The number of piperidine rings is 1. The van der Waals surface area contributed by atoms with Gasteiger partial charge in [-0.05, 0) is 50.4 Å². The summed E-state index contributed by atoms with van der Waals surface area (Å²) in [5.74, 6) is 0.673. The summed E-state index contributed by atoms with van der Waals surface area (Å²) in [5.41, 5.74) is 0.747. The van der Waals surface area contributed by atoms with Crippen molar-refractivity contribution in [2.45, 2.75) is 19.3 Å². The standard InChI is InChI=1S/C13H17BrFNO/c1-17-12-3-2-11(14)10(13(12)15)8-9-4-6-16-7-5-9/h2-3,9,16H,4-8H2,1H3. The summed E-state index contributed by atoms with van der Waals surface area (Å²) in [5, 5.41) is 3.32. The highest BCUT2D eigenvalue weighted by molar-refractivity contribution is 9.10. The normalized spacial score (nSPS) is 17.1. The molecule has 2 nitrogen and oxygen atoms in total. The lowest BCUT2D eigenvalue weighted by Crippen LogP contribution is -2.28. The molecule has 94 valence electrons. The molecule has 0 amide bonds. The fourth-order valence-electron chi connectivity index (χ4n) is 2.30. The van der Waals surface area contributed by atoms with Crippen LogP contribution in [0.15, 0.2) is 16.6 Å². The first-order valence-corrected chi connectivity index (χ1v) is 6.73. The molecular formula is C13H17BrFNO. The van der Waals surface area contributed by atoms with E-state index in [0.717, 1.165) is 42.4 Å². The number of nitrogens with one attached hydrogen (secondary N) is 1. The van der Waals surface area contributed by atoms with Gasteiger partial charge in [0.1, 0.15) is 0 Å². The van der Waals surface area contributed by atoms with Gasteiger partial charge in [0.25, 0.3) is 0 Å². The maximum absolute atomic E-state index is 14.1. The Labute approximate surface area is 110 Å². The van der Waals surface area contributed by atoms with Crippen molar-refractivity contribution in [1.82, 2.24) is 5.32 Å². The van der Waals surface area contributed by atoms with Gasteiger partial charge in [-0.3, -0.25) is 0 Å². The zero-order chi connectivity index (χ0) is 12.3. The van der Waals surface area contributed by atoms with Gasteiger partial charge in [0.15, 0.2) is 11.6 Å². The third-order valence-electron chi connectivity index (χ3n) is 3.32. The molecule has 0 saturated carbocycles. The minimum atomic E-state index is -0.222. The topological polar surface area (TPSA) is 21.3 Å². The van der Waals surface area contributed by atoms with E-state index in [1.165, 1.54) is 7.11 Å². The molecule has 0 aliphatic carbocycles. The van der Waals surface area contributed by atoms with E-state index in [0.29, 0.717) is 11.7 Å². The van der Waals surface area contributed by atoms with Gasteiger partial charge in [0.05, 0.1) is 7.11 Å². The second-order valence-electron chi connectivity index (χ2n) is 4.44. The quantitative estimate of drug-likeness (QED) is 0.926. The van der Waals surface area contributed by atoms with Crippen LogP contribution < -0.4 is 10.1 Å². The Hall–Kier alpha value is -0.610. The van der Waals surface area contributed by atoms with Crippen molar-refractivity contribution in [2.75, 3.05) is 20.2 Å². The summed E-state index contributed by atoms with van der Waals surface area (Å²) in [4.78, 5) is 0. The summed E-state index contributed by atoms with van der Waals surface area (Å²) in [6, 6.07) is 3.52. The monoisotopic (exact) mass is 301 g/mol. The average Bonchev–Trinajstić information content (AvgIpc) is 2.36. The van der Waals surface area contributed by atoms with Crippen LogP contribution in [0.1, 0.15) is 18.4 Å². The minimum Gasteiger partial charge on any atom is -0.494 e. The van der Waals surface area contributed by atoms with Gasteiger partial charge in [-0.2, -0.15) is 0 Å². The SMILES string of the molecule is COc1ccc(Br)c(CC2CCNCC2)c1F. The molecular weight excluding hydrogens is 285 g/mol. The van der Waals surface area contributed by atoms with E-state index in [2.05, 4.69) is 21.2 Å². The van der Waals surface area contributed by atoms with Crippen molar-refractivity contribution in [2.24, 2.45) is 5.92 Å². The van der Waals surface area contributed by atoms with E-state index in [1.807, 2.05) is 6.07 Å². The second-order valence-corrected chi connectivity index (χ2v) is 5.29. The Morgan fingerprint density at radius 2 is 2.12 bits per heavy atom. The van der Waals surface area contributed by atoms with Crippen LogP contribution in [-0.4, -0.2) is 20.2 Å². The Morgan fingerprint density at radius 1 is 1.41 bits per heavy atom. The van der Waals surface area contributed by atoms with Crippen LogP contribution in [0.5, 0.6) is 5.75 Å². The zero-order valence-corrected chi connectivity index (χ0v) is 11.5. The predicted octanol–water partition coefficient (Wildman–Crippen LogP) is 3.14. The molecule has 0 spiro atoms. The summed E-state index contributed by atoms with van der Waals surface area (Å²) in [7, 11) is 1.50. The van der Waals surface area contributed by atoms with Crippen molar-refractivity contribution in [3.05, 3.63) is 28.0 Å². The van der Waals surface area contributed by atoms with E-state index in [1.54, 1.807) is 6.07 Å². The number of hydrogen-bond acceptors (Lipinski definition) is 2. The molecule has 1 heterocycles. The number of methoxy groups -OCH3 is 1. The van der Waals surface area contributed by atoms with Crippen LogP contribution in [0, 0.1) is 11.7 Å². The second kappa shape index (κ2) is 5.83. The number of ether oxygens (including phenoxy) is 1. The van der Waals surface area contributed by atoms with E-state index in [9.17, 15) is 4.39 Å². The number of halogens is 2. The van der Waals surface area contributed by atoms with Crippen LogP contribution >= 0.6 is 15.9 Å². The Kier molecular flexibility index (Phi) is 4.40. The molecule has 1 fully saturated rings. The van der Waals surface area contributed by atoms with E-state index in [-0.39, 0.29) is 5.82 Å². The summed E-state index contributed by atoms with van der Waals surface area (Å²) < 4.78 is 20.0. The molecule has 0 aromatic heterocycles. The first-order valence-electron chi connectivity index (χ1n) is 5.94. The molecule has 0 unspecified atom stereocenters. The lowest BCUT2D eigenvalue weighted by molar-refractivity contribution is 0.358. The molecule has 0 radical (unpaired) electrons. The number of rotatable bonds is 3. The van der Waals surface area contributed by atoms with Gasteiger partial charge >= 0.3 is 0 Å². The largest absolute Gasteiger partial charge is 0.494 e. The third-order valence-corrected chi connectivity index (χ3v) is 4.06. The predicted molar refractivity (Wildman–Crippen MR) is 69.9 cm³/mol. The van der Waals surface area contributed by atoms with E-state index >= 15 is 0 Å². The van der Waals surface area contributed by atoms with E-state index in [4.69, 9.17) is 4.74 Å². The van der Waals surface area contributed by atoms with Crippen molar-refractivity contribution in [3.8, 4) is 5.75 Å². The first-order chi connectivity index (χ1) is 8.22. The third kappa shape index (κ3) is 2.99. The lowest BCUT2D eigenvalue weighted by Gasteiger charge is -2.23. The molecule has 17 heavy (non-hydrogen) atoms. The molecule has 4 heteroatoms. The van der Waals surface area contributed by atoms with Gasteiger partial charge in [0, 0.05) is 10.0 Å². The summed E-state index contributed by atoms with van der Waals surface area (Å²) >= 11 is 3.43. The highest BCUT2D eigenvalue weighted by Crippen LogP contribution is 2.31.